The first-order chi connectivity index (χ1) is 6.48. The van der Waals surface area contributed by atoms with Crippen molar-refractivity contribution in [2.24, 2.45) is 5.14 Å². The summed E-state index contributed by atoms with van der Waals surface area (Å²) in [6.07, 6.45) is 0. The van der Waals surface area contributed by atoms with E-state index in [9.17, 15) is 13.2 Å². The highest BCUT2D eigenvalue weighted by Gasteiger charge is 2.23. The number of sulfonamides is 1. The van der Waals surface area contributed by atoms with Gasteiger partial charge in [0.2, 0.25) is 10.0 Å². The Morgan fingerprint density at radius 1 is 1.36 bits per heavy atom. The summed E-state index contributed by atoms with van der Waals surface area (Å²) in [5.74, 6) is -0.509. The van der Waals surface area contributed by atoms with Gasteiger partial charge in [-0.1, -0.05) is 6.07 Å². The van der Waals surface area contributed by atoms with Crippen LogP contribution in [-0.2, 0) is 21.4 Å². The van der Waals surface area contributed by atoms with Gasteiger partial charge in [0.1, 0.15) is 6.61 Å². The van der Waals surface area contributed by atoms with Crippen LogP contribution in [0.25, 0.3) is 0 Å². The third-order valence-electron chi connectivity index (χ3n) is 1.99. The minimum atomic E-state index is -3.76. The van der Waals surface area contributed by atoms with Crippen LogP contribution in [0.2, 0.25) is 0 Å². The molecule has 1 aliphatic rings. The summed E-state index contributed by atoms with van der Waals surface area (Å²) in [5, 5.41) is 4.92. The third kappa shape index (κ3) is 1.38. The Kier molecular flexibility index (Phi) is 1.83. The van der Waals surface area contributed by atoms with Crippen molar-refractivity contribution in [1.29, 1.82) is 0 Å². The number of cyclic esters (lactones) is 1. The molecule has 1 heterocycles. The van der Waals surface area contributed by atoms with Crippen molar-refractivity contribution < 1.29 is 17.9 Å². The molecule has 0 amide bonds. The van der Waals surface area contributed by atoms with Crippen LogP contribution >= 0.6 is 0 Å². The number of benzene rings is 1. The molecule has 0 bridgehead atoms. The lowest BCUT2D eigenvalue weighted by Crippen LogP contribution is -2.12. The molecule has 0 spiro atoms. The Morgan fingerprint density at radius 3 is 2.71 bits per heavy atom. The summed E-state index contributed by atoms with van der Waals surface area (Å²) in [7, 11) is -3.76. The maximum Gasteiger partial charge on any atom is 0.338 e. The van der Waals surface area contributed by atoms with Gasteiger partial charge < -0.3 is 4.74 Å². The second-order valence-electron chi connectivity index (χ2n) is 2.94. The van der Waals surface area contributed by atoms with Crippen LogP contribution in [0.1, 0.15) is 15.9 Å². The minimum Gasteiger partial charge on any atom is -0.457 e. The number of primary sulfonamides is 1. The van der Waals surface area contributed by atoms with Crippen LogP contribution < -0.4 is 5.14 Å². The molecule has 6 heteroatoms. The monoisotopic (exact) mass is 213 g/mol. The van der Waals surface area contributed by atoms with E-state index in [1.807, 2.05) is 0 Å². The number of esters is 1. The Hall–Kier alpha value is -1.40. The van der Waals surface area contributed by atoms with Crippen molar-refractivity contribution >= 4 is 16.0 Å². The smallest absolute Gasteiger partial charge is 0.338 e. The van der Waals surface area contributed by atoms with Crippen molar-refractivity contribution in [1.82, 2.24) is 0 Å². The topological polar surface area (TPSA) is 86.5 Å². The number of hydrogen-bond donors (Lipinski definition) is 1. The first-order valence-electron chi connectivity index (χ1n) is 3.81. The predicted molar refractivity (Wildman–Crippen MR) is 46.9 cm³/mol. The number of ether oxygens (including phenoxy) is 1. The molecule has 2 N–H and O–H groups in total. The summed E-state index contributed by atoms with van der Waals surface area (Å²) < 4.78 is 26.6. The van der Waals surface area contributed by atoms with Gasteiger partial charge in [0.15, 0.2) is 0 Å². The molecule has 14 heavy (non-hydrogen) atoms. The summed E-state index contributed by atoms with van der Waals surface area (Å²) in [6, 6.07) is 4.12. The van der Waals surface area contributed by atoms with Gasteiger partial charge in [0.05, 0.1) is 10.5 Å². The zero-order chi connectivity index (χ0) is 10.3. The van der Waals surface area contributed by atoms with Crippen LogP contribution in [0.15, 0.2) is 23.1 Å². The number of carbonyl (C=O) groups is 1. The largest absolute Gasteiger partial charge is 0.457 e. The zero-order valence-corrected chi connectivity index (χ0v) is 7.87. The van der Waals surface area contributed by atoms with E-state index in [0.717, 1.165) is 0 Å². The van der Waals surface area contributed by atoms with E-state index in [1.54, 1.807) is 0 Å². The van der Waals surface area contributed by atoms with E-state index in [-0.39, 0.29) is 17.1 Å². The van der Waals surface area contributed by atoms with Gasteiger partial charge in [-0.15, -0.1) is 0 Å². The fraction of sp³-hybridized carbons (Fsp3) is 0.125. The first-order valence-corrected chi connectivity index (χ1v) is 5.36. The average Bonchev–Trinajstić information content (AvgIpc) is 2.46. The Bertz CT molecular complexity index is 506. The van der Waals surface area contributed by atoms with E-state index >= 15 is 0 Å². The first kappa shape index (κ1) is 9.17. The lowest BCUT2D eigenvalue weighted by atomic mass is 10.1. The van der Waals surface area contributed by atoms with Gasteiger partial charge in [-0.05, 0) is 12.1 Å². The summed E-state index contributed by atoms with van der Waals surface area (Å²) in [4.78, 5) is 11.0. The molecular weight excluding hydrogens is 206 g/mol. The zero-order valence-electron chi connectivity index (χ0n) is 7.06. The number of rotatable bonds is 1. The summed E-state index contributed by atoms with van der Waals surface area (Å²) in [5.41, 5.74) is 0.957. The molecule has 0 aliphatic carbocycles. The van der Waals surface area contributed by atoms with Crippen LogP contribution in [0.3, 0.4) is 0 Å². The number of carbonyl (C=O) groups excluding carboxylic acids is 1. The van der Waals surface area contributed by atoms with Gasteiger partial charge in [-0.25, -0.2) is 18.4 Å². The lowest BCUT2D eigenvalue weighted by Gasteiger charge is -1.98. The summed E-state index contributed by atoms with van der Waals surface area (Å²) in [6.45, 7) is 0.194. The fourth-order valence-corrected chi connectivity index (χ4v) is 1.81. The second kappa shape index (κ2) is 2.79. The van der Waals surface area contributed by atoms with Gasteiger partial charge >= 0.3 is 5.97 Å². The highest BCUT2D eigenvalue weighted by Crippen LogP contribution is 2.22. The second-order valence-corrected chi connectivity index (χ2v) is 4.50. The molecule has 0 saturated carbocycles. The molecule has 0 atom stereocenters. The molecule has 0 radical (unpaired) electrons. The standard InChI is InChI=1S/C8H7NO4S/c9-14(11,12)6-2-1-5-4-13-8(10)7(5)3-6/h1-3H,4H2,(H2,9,11,12). The molecule has 0 aromatic heterocycles. The Labute approximate surface area is 80.5 Å². The predicted octanol–water partition coefficient (Wildman–Crippen LogP) is 0.00440. The molecule has 5 nitrogen and oxygen atoms in total. The maximum atomic E-state index is 11.1. The van der Waals surface area contributed by atoms with E-state index in [4.69, 9.17) is 9.88 Å². The van der Waals surface area contributed by atoms with Gasteiger partial charge in [-0.3, -0.25) is 0 Å². The van der Waals surface area contributed by atoms with Crippen LogP contribution in [0.4, 0.5) is 0 Å². The van der Waals surface area contributed by atoms with Crippen molar-refractivity contribution in [3.8, 4) is 0 Å². The van der Waals surface area contributed by atoms with Crippen LogP contribution in [-0.4, -0.2) is 14.4 Å². The molecule has 1 aromatic carbocycles. The number of nitrogens with two attached hydrogens (primary N) is 1. The van der Waals surface area contributed by atoms with E-state index in [1.165, 1.54) is 18.2 Å². The van der Waals surface area contributed by atoms with Crippen molar-refractivity contribution in [2.75, 3.05) is 0 Å². The lowest BCUT2D eigenvalue weighted by molar-refractivity contribution is 0.0535. The molecular formula is C8H7NO4S. The quantitative estimate of drug-likeness (QED) is 0.665. The average molecular weight is 213 g/mol. The molecule has 0 fully saturated rings. The van der Waals surface area contributed by atoms with Gasteiger partial charge in [-0.2, -0.15) is 0 Å². The van der Waals surface area contributed by atoms with E-state index in [2.05, 4.69) is 0 Å². The normalized spacial score (nSPS) is 15.1. The van der Waals surface area contributed by atoms with Gasteiger partial charge in [0.25, 0.3) is 0 Å². The SMILES string of the molecule is NS(=O)(=O)c1ccc2c(c1)C(=O)OC2. The fourth-order valence-electron chi connectivity index (χ4n) is 1.27. The highest BCUT2D eigenvalue weighted by atomic mass is 32.2. The van der Waals surface area contributed by atoms with Crippen molar-refractivity contribution in [2.45, 2.75) is 11.5 Å². The van der Waals surface area contributed by atoms with Crippen molar-refractivity contribution in [3.05, 3.63) is 29.3 Å². The highest BCUT2D eigenvalue weighted by molar-refractivity contribution is 7.89. The Morgan fingerprint density at radius 2 is 2.07 bits per heavy atom. The third-order valence-corrected chi connectivity index (χ3v) is 2.90. The van der Waals surface area contributed by atoms with E-state index in [0.29, 0.717) is 5.56 Å². The van der Waals surface area contributed by atoms with E-state index < -0.39 is 16.0 Å². The number of fused-ring (bicyclic) bond motifs is 1. The molecule has 0 saturated heterocycles. The minimum absolute atomic E-state index is 0.0740. The molecule has 0 unspecified atom stereocenters. The number of hydrogen-bond acceptors (Lipinski definition) is 4. The summed E-state index contributed by atoms with van der Waals surface area (Å²) >= 11 is 0. The molecule has 1 aliphatic heterocycles. The molecule has 1 aromatic rings. The maximum absolute atomic E-state index is 11.1. The van der Waals surface area contributed by atoms with Gasteiger partial charge in [0, 0.05) is 5.56 Å². The van der Waals surface area contributed by atoms with Crippen LogP contribution in [0.5, 0.6) is 0 Å². The van der Waals surface area contributed by atoms with Crippen molar-refractivity contribution in [3.63, 3.8) is 0 Å². The Balaban J connectivity index is 2.61. The molecule has 74 valence electrons. The molecule has 2 rings (SSSR count). The van der Waals surface area contributed by atoms with Crippen LogP contribution in [0, 0.1) is 0 Å².